The van der Waals surface area contributed by atoms with Crippen molar-refractivity contribution in [2.24, 2.45) is 0 Å². The Labute approximate surface area is 261 Å². The molecule has 0 N–H and O–H groups in total. The number of hydrogen-bond acceptors (Lipinski definition) is 7. The molecule has 1 aromatic heterocycles. The predicted molar refractivity (Wildman–Crippen MR) is 164 cm³/mol. The number of alkyl halides is 3. The van der Waals surface area contributed by atoms with E-state index in [0.29, 0.717) is 35.9 Å². The first kappa shape index (κ1) is 30.2. The maximum absolute atomic E-state index is 14.9. The second kappa shape index (κ2) is 11.1. The minimum absolute atomic E-state index is 0.0693. The van der Waals surface area contributed by atoms with Gasteiger partial charge in [0, 0.05) is 65.9 Å². The van der Waals surface area contributed by atoms with Crippen molar-refractivity contribution in [2.45, 2.75) is 61.6 Å². The van der Waals surface area contributed by atoms with Gasteiger partial charge in [-0.3, -0.25) is 14.3 Å². The van der Waals surface area contributed by atoms with Gasteiger partial charge in [0.2, 0.25) is 5.91 Å². The molecule has 2 aromatic carbocycles. The van der Waals surface area contributed by atoms with Crippen molar-refractivity contribution in [3.63, 3.8) is 0 Å². The van der Waals surface area contributed by atoms with Crippen LogP contribution in [0.5, 0.6) is 0 Å². The number of nitrogens with zero attached hydrogens (tertiary/aromatic N) is 5. The third kappa shape index (κ3) is 5.12. The first-order valence-electron chi connectivity index (χ1n) is 15.1. The van der Waals surface area contributed by atoms with E-state index in [1.54, 1.807) is 9.47 Å². The molecule has 2 bridgehead atoms. The zero-order valence-corrected chi connectivity index (χ0v) is 25.7. The van der Waals surface area contributed by atoms with Crippen LogP contribution in [0.2, 0.25) is 0 Å². The van der Waals surface area contributed by atoms with E-state index < -0.39 is 23.2 Å². The number of morpholine rings is 1. The van der Waals surface area contributed by atoms with E-state index in [4.69, 9.17) is 4.74 Å². The number of halogens is 4. The molecule has 238 valence electrons. The zero-order valence-electron chi connectivity index (χ0n) is 24.9. The van der Waals surface area contributed by atoms with Crippen molar-refractivity contribution in [3.8, 4) is 11.1 Å². The van der Waals surface area contributed by atoms with Gasteiger partial charge in [-0.2, -0.15) is 18.2 Å². The summed E-state index contributed by atoms with van der Waals surface area (Å²) in [5, 5.41) is 0.230. The van der Waals surface area contributed by atoms with Gasteiger partial charge in [-0.25, -0.2) is 9.18 Å². The Kier molecular flexibility index (Phi) is 7.48. The molecule has 0 unspecified atom stereocenters. The van der Waals surface area contributed by atoms with E-state index >= 15 is 0 Å². The predicted octanol–water partition coefficient (Wildman–Crippen LogP) is 4.95. The molecule has 13 heteroatoms. The van der Waals surface area contributed by atoms with Gasteiger partial charge in [0.15, 0.2) is 0 Å². The van der Waals surface area contributed by atoms with Gasteiger partial charge in [0.25, 0.3) is 0 Å². The van der Waals surface area contributed by atoms with Gasteiger partial charge in [-0.15, -0.1) is 11.8 Å². The fourth-order valence-corrected chi connectivity index (χ4v) is 8.72. The Hall–Kier alpha value is -3.42. The van der Waals surface area contributed by atoms with Gasteiger partial charge >= 0.3 is 11.9 Å². The number of ether oxygens (including phenoxy) is 1. The molecule has 8 nitrogen and oxygen atoms in total. The minimum Gasteiger partial charge on any atom is -0.375 e. The average molecular weight is 644 g/mol. The summed E-state index contributed by atoms with van der Waals surface area (Å²) in [5.74, 6) is -0.242. The normalized spacial score (nSPS) is 26.6. The summed E-state index contributed by atoms with van der Waals surface area (Å²) in [5.41, 5.74) is -0.842. The van der Waals surface area contributed by atoms with Gasteiger partial charge in [-0.1, -0.05) is 18.7 Å². The highest BCUT2D eigenvalue weighted by molar-refractivity contribution is 7.99. The van der Waals surface area contributed by atoms with Crippen LogP contribution in [0.25, 0.3) is 22.0 Å². The lowest BCUT2D eigenvalue weighted by molar-refractivity contribution is -0.137. The van der Waals surface area contributed by atoms with Crippen molar-refractivity contribution < 1.29 is 27.1 Å². The summed E-state index contributed by atoms with van der Waals surface area (Å²) in [6.45, 7) is 9.80. The Bertz CT molecular complexity index is 1750. The molecule has 0 spiro atoms. The minimum atomic E-state index is -4.74. The number of piperazine rings is 1. The molecule has 45 heavy (non-hydrogen) atoms. The van der Waals surface area contributed by atoms with Crippen LogP contribution in [0.3, 0.4) is 0 Å². The summed E-state index contributed by atoms with van der Waals surface area (Å²) < 4.78 is 66.0. The second-order valence-electron chi connectivity index (χ2n) is 12.4. The van der Waals surface area contributed by atoms with E-state index in [0.717, 1.165) is 31.2 Å². The van der Waals surface area contributed by atoms with Crippen LogP contribution < -0.4 is 10.6 Å². The van der Waals surface area contributed by atoms with Crippen molar-refractivity contribution in [2.75, 3.05) is 43.4 Å². The smallest absolute Gasteiger partial charge is 0.375 e. The standard InChI is InChI=1S/C32H33F4N5O3S/c1-4-26(42)39-11-18(3)40(12-17(39)2)30-24-10-25(32(34,35)36)27(19-5-7-20(33)8-6-19)29-28(24)41(31(43)37-30)22(16-45-29)13-38-14-23-9-21(38)15-44-23/h4-8,10,17-18,21-23H,1,9,11-16H2,2-3H3/t17-,18+,21+,22+,23+/m1/s1. The molecule has 4 aliphatic heterocycles. The molecule has 4 aliphatic rings. The quantitative estimate of drug-likeness (QED) is 0.288. The van der Waals surface area contributed by atoms with E-state index in [9.17, 15) is 27.2 Å². The molecule has 5 heterocycles. The first-order valence-corrected chi connectivity index (χ1v) is 16.1. The monoisotopic (exact) mass is 643 g/mol. The Morgan fingerprint density at radius 1 is 1.16 bits per heavy atom. The molecule has 0 radical (unpaired) electrons. The number of anilines is 1. The largest absolute Gasteiger partial charge is 0.417 e. The van der Waals surface area contributed by atoms with E-state index in [2.05, 4.69) is 16.5 Å². The SMILES string of the molecule is C=CC(=O)N1C[C@H](C)N(c2nc(=O)n3c4c(c(-c5ccc(F)cc5)c(C(F)(F)F)cc24)SC[C@@H]3CN2C[C@@H]3C[C@H]2CO3)C[C@H]1C. The summed E-state index contributed by atoms with van der Waals surface area (Å²) in [4.78, 5) is 37.2. The first-order chi connectivity index (χ1) is 21.4. The highest BCUT2D eigenvalue weighted by atomic mass is 32.2. The number of thioether (sulfide) groups is 1. The number of fused-ring (bicyclic) bond motifs is 2. The molecule has 0 aliphatic carbocycles. The number of carbonyl (C=O) groups excluding carboxylic acids is 1. The number of amides is 1. The fraction of sp³-hybridized carbons (Fsp3) is 0.469. The summed E-state index contributed by atoms with van der Waals surface area (Å²) in [6.07, 6.45) is -2.41. The fourth-order valence-electron chi connectivity index (χ4n) is 7.39. The topological polar surface area (TPSA) is 70.9 Å². The third-order valence-electron chi connectivity index (χ3n) is 9.54. The highest BCUT2D eigenvalue weighted by Gasteiger charge is 2.43. The van der Waals surface area contributed by atoms with Crippen LogP contribution in [0.15, 0.2) is 52.7 Å². The Balaban J connectivity index is 1.44. The molecule has 5 atom stereocenters. The summed E-state index contributed by atoms with van der Waals surface area (Å²) >= 11 is 1.30. The van der Waals surface area contributed by atoms with Gasteiger partial charge < -0.3 is 14.5 Å². The van der Waals surface area contributed by atoms with Crippen molar-refractivity contribution in [1.82, 2.24) is 19.4 Å². The van der Waals surface area contributed by atoms with E-state index in [1.165, 1.54) is 30.0 Å². The number of aromatic nitrogens is 2. The highest BCUT2D eigenvalue weighted by Crippen LogP contribution is 2.50. The van der Waals surface area contributed by atoms with E-state index in [-0.39, 0.29) is 65.1 Å². The van der Waals surface area contributed by atoms with Crippen LogP contribution in [0.1, 0.15) is 31.9 Å². The van der Waals surface area contributed by atoms with Gasteiger partial charge in [-0.05, 0) is 50.1 Å². The van der Waals surface area contributed by atoms with Crippen LogP contribution in [-0.2, 0) is 15.7 Å². The molecule has 0 saturated carbocycles. The van der Waals surface area contributed by atoms with Crippen molar-refractivity contribution >= 4 is 34.4 Å². The van der Waals surface area contributed by atoms with Crippen LogP contribution in [0, 0.1) is 5.82 Å². The number of hydrogen-bond donors (Lipinski definition) is 0. The Morgan fingerprint density at radius 2 is 1.91 bits per heavy atom. The lowest BCUT2D eigenvalue weighted by Crippen LogP contribution is -2.58. The maximum atomic E-state index is 14.9. The molecule has 7 rings (SSSR count). The summed E-state index contributed by atoms with van der Waals surface area (Å²) in [6, 6.07) is 5.37. The van der Waals surface area contributed by atoms with Gasteiger partial charge in [0.05, 0.1) is 29.8 Å². The second-order valence-corrected chi connectivity index (χ2v) is 13.5. The maximum Gasteiger partial charge on any atom is 0.417 e. The number of rotatable bonds is 5. The number of benzene rings is 2. The lowest BCUT2D eigenvalue weighted by Gasteiger charge is -2.45. The molecule has 3 saturated heterocycles. The van der Waals surface area contributed by atoms with E-state index in [1.807, 2.05) is 18.7 Å². The van der Waals surface area contributed by atoms with Crippen molar-refractivity contribution in [3.05, 3.63) is 64.9 Å². The van der Waals surface area contributed by atoms with Crippen LogP contribution >= 0.6 is 11.8 Å². The van der Waals surface area contributed by atoms with Gasteiger partial charge in [0.1, 0.15) is 11.6 Å². The lowest BCUT2D eigenvalue weighted by atomic mass is 9.95. The zero-order chi connectivity index (χ0) is 31.8. The number of carbonyl (C=O) groups is 1. The molecule has 3 aromatic rings. The number of likely N-dealkylation sites (tertiary alicyclic amines) is 1. The molecular formula is C32H33F4N5O3S. The van der Waals surface area contributed by atoms with Crippen LogP contribution in [0.4, 0.5) is 23.4 Å². The van der Waals surface area contributed by atoms with Crippen molar-refractivity contribution in [1.29, 1.82) is 0 Å². The average Bonchev–Trinajstić information content (AvgIpc) is 3.63. The van der Waals surface area contributed by atoms with Crippen LogP contribution in [-0.4, -0.2) is 88.0 Å². The molecular weight excluding hydrogens is 610 g/mol. The molecule has 1 amide bonds. The summed E-state index contributed by atoms with van der Waals surface area (Å²) in [7, 11) is 0. The molecule has 3 fully saturated rings. The third-order valence-corrected chi connectivity index (χ3v) is 10.8. The Morgan fingerprint density at radius 3 is 2.56 bits per heavy atom.